The standard InChI is InChI=1S/C24H35N9O7/c25-16(8-13-3-5-15(35)6-4-13)20(36)33-19(11-34)22(38)32-18(9-14-10-28-12-30-14)21(37)31-17(23(39)40)2-1-7-29-24(26)27/h3-6,10,12,16-19,34-35H,1-2,7-9,11,25H2,(H,28,30)(H,31,37)(H,32,38)(H,33,36)(H,39,40)(H4,26,27,29). The van der Waals surface area contributed by atoms with Crippen molar-refractivity contribution >= 4 is 29.7 Å². The lowest BCUT2D eigenvalue weighted by Crippen LogP contribution is -2.58. The molecule has 13 N–H and O–H groups in total. The molecule has 0 bridgehead atoms. The van der Waals surface area contributed by atoms with Gasteiger partial charge in [0.05, 0.1) is 19.0 Å². The number of nitrogens with one attached hydrogen (secondary N) is 4. The highest BCUT2D eigenvalue weighted by Crippen LogP contribution is 2.11. The third-order valence-electron chi connectivity index (χ3n) is 5.72. The number of carbonyl (C=O) groups excluding carboxylic acids is 3. The second-order valence-electron chi connectivity index (χ2n) is 8.91. The number of amides is 3. The first kappa shape index (κ1) is 31.5. The number of nitrogens with zero attached hydrogens (tertiary/aromatic N) is 2. The fourth-order valence-electron chi connectivity index (χ4n) is 3.58. The molecular formula is C24H35N9O7. The lowest BCUT2D eigenvalue weighted by atomic mass is 10.1. The van der Waals surface area contributed by atoms with Gasteiger partial charge in [0.15, 0.2) is 5.96 Å². The molecule has 40 heavy (non-hydrogen) atoms. The van der Waals surface area contributed by atoms with E-state index >= 15 is 0 Å². The number of carboxylic acids is 1. The number of aliphatic hydroxyl groups is 1. The number of phenolic OH excluding ortho intramolecular Hbond substituents is 1. The van der Waals surface area contributed by atoms with Crippen LogP contribution >= 0.6 is 0 Å². The number of imidazole rings is 1. The van der Waals surface area contributed by atoms with Gasteiger partial charge < -0.3 is 53.5 Å². The average molecular weight is 562 g/mol. The summed E-state index contributed by atoms with van der Waals surface area (Å²) in [6.45, 7) is -0.645. The summed E-state index contributed by atoms with van der Waals surface area (Å²) in [5.41, 5.74) is 17.6. The molecule has 0 radical (unpaired) electrons. The first-order chi connectivity index (χ1) is 19.0. The molecule has 0 aliphatic heterocycles. The molecule has 1 aromatic carbocycles. The number of hydrogen-bond acceptors (Lipinski definition) is 9. The van der Waals surface area contributed by atoms with Crippen LogP contribution in [0.2, 0.25) is 0 Å². The molecule has 0 aliphatic rings. The van der Waals surface area contributed by atoms with Gasteiger partial charge >= 0.3 is 5.97 Å². The molecular weight excluding hydrogens is 526 g/mol. The molecule has 16 heteroatoms. The summed E-state index contributed by atoms with van der Waals surface area (Å²) < 4.78 is 0. The predicted octanol–water partition coefficient (Wildman–Crippen LogP) is -3.19. The Morgan fingerprint density at radius 1 is 0.950 bits per heavy atom. The molecule has 4 atom stereocenters. The van der Waals surface area contributed by atoms with E-state index in [1.807, 2.05) is 0 Å². The normalized spacial score (nSPS) is 13.8. The Kier molecular flexibility index (Phi) is 12.3. The Hall–Kier alpha value is -4.70. The van der Waals surface area contributed by atoms with Gasteiger partial charge in [0.25, 0.3) is 0 Å². The number of aliphatic carboxylic acids is 1. The third kappa shape index (κ3) is 10.6. The molecule has 0 fully saturated rings. The smallest absolute Gasteiger partial charge is 0.326 e. The monoisotopic (exact) mass is 561 g/mol. The lowest BCUT2D eigenvalue weighted by Gasteiger charge is -2.24. The van der Waals surface area contributed by atoms with Crippen LogP contribution in [0.5, 0.6) is 5.75 Å². The number of aromatic hydroxyl groups is 1. The second-order valence-corrected chi connectivity index (χ2v) is 8.91. The molecule has 1 aromatic heterocycles. The van der Waals surface area contributed by atoms with Gasteiger partial charge in [0, 0.05) is 24.9 Å². The highest BCUT2D eigenvalue weighted by molar-refractivity contribution is 5.94. The van der Waals surface area contributed by atoms with Crippen molar-refractivity contribution in [3.63, 3.8) is 0 Å². The van der Waals surface area contributed by atoms with Crippen LogP contribution in [-0.4, -0.2) is 92.3 Å². The molecule has 0 saturated carbocycles. The van der Waals surface area contributed by atoms with E-state index in [9.17, 15) is 34.5 Å². The van der Waals surface area contributed by atoms with E-state index in [0.29, 0.717) is 11.3 Å². The maximum Gasteiger partial charge on any atom is 0.326 e. The van der Waals surface area contributed by atoms with E-state index in [4.69, 9.17) is 17.2 Å². The summed E-state index contributed by atoms with van der Waals surface area (Å²) in [6, 6.07) is 0.932. The number of H-pyrrole nitrogens is 1. The molecule has 2 aromatic rings. The van der Waals surface area contributed by atoms with E-state index in [-0.39, 0.29) is 43.9 Å². The Bertz CT molecular complexity index is 1150. The van der Waals surface area contributed by atoms with Crippen LogP contribution in [0.25, 0.3) is 0 Å². The van der Waals surface area contributed by atoms with Gasteiger partial charge in [0.1, 0.15) is 23.9 Å². The van der Waals surface area contributed by atoms with Gasteiger partial charge in [-0.15, -0.1) is 0 Å². The molecule has 0 spiro atoms. The van der Waals surface area contributed by atoms with Crippen molar-refractivity contribution in [1.29, 1.82) is 0 Å². The molecule has 0 saturated heterocycles. The first-order valence-electron chi connectivity index (χ1n) is 12.3. The SMILES string of the molecule is NC(N)=NCCCC(NC(=O)C(Cc1cnc[nH]1)NC(=O)C(CO)NC(=O)C(N)Cc1ccc(O)cc1)C(=O)O. The number of hydrogen-bond donors (Lipinski definition) is 10. The molecule has 16 nitrogen and oxygen atoms in total. The summed E-state index contributed by atoms with van der Waals surface area (Å²) in [7, 11) is 0. The zero-order valence-electron chi connectivity index (χ0n) is 21.6. The van der Waals surface area contributed by atoms with Gasteiger partial charge in [-0.1, -0.05) is 12.1 Å². The summed E-state index contributed by atoms with van der Waals surface area (Å²) in [5.74, 6) is -3.84. The Morgan fingerprint density at radius 2 is 1.57 bits per heavy atom. The number of phenols is 1. The third-order valence-corrected chi connectivity index (χ3v) is 5.72. The van der Waals surface area contributed by atoms with Crippen molar-refractivity contribution in [2.75, 3.05) is 13.2 Å². The maximum absolute atomic E-state index is 13.1. The van der Waals surface area contributed by atoms with Gasteiger partial charge in [-0.3, -0.25) is 19.4 Å². The average Bonchev–Trinajstić information content (AvgIpc) is 3.42. The van der Waals surface area contributed by atoms with Crippen LogP contribution in [0.15, 0.2) is 41.8 Å². The van der Waals surface area contributed by atoms with Crippen molar-refractivity contribution in [3.8, 4) is 5.75 Å². The number of rotatable bonds is 16. The number of aliphatic imine (C=N–C) groups is 1. The fourth-order valence-corrected chi connectivity index (χ4v) is 3.58. The van der Waals surface area contributed by atoms with E-state index in [1.54, 1.807) is 12.1 Å². The van der Waals surface area contributed by atoms with Crippen molar-refractivity contribution < 1.29 is 34.5 Å². The topological polar surface area (TPSA) is 284 Å². The highest BCUT2D eigenvalue weighted by Gasteiger charge is 2.30. The lowest BCUT2D eigenvalue weighted by molar-refractivity contribution is -0.142. The Morgan fingerprint density at radius 3 is 2.15 bits per heavy atom. The van der Waals surface area contributed by atoms with Gasteiger partial charge in [0.2, 0.25) is 17.7 Å². The van der Waals surface area contributed by atoms with Crippen LogP contribution in [0, 0.1) is 0 Å². The zero-order valence-corrected chi connectivity index (χ0v) is 21.6. The zero-order chi connectivity index (χ0) is 29.7. The second kappa shape index (κ2) is 15.6. The van der Waals surface area contributed by atoms with E-state index in [2.05, 4.69) is 30.9 Å². The minimum absolute atomic E-state index is 0.0107. The highest BCUT2D eigenvalue weighted by atomic mass is 16.4. The van der Waals surface area contributed by atoms with Crippen LogP contribution in [-0.2, 0) is 32.0 Å². The number of benzene rings is 1. The Balaban J connectivity index is 2.06. The van der Waals surface area contributed by atoms with Crippen LogP contribution < -0.4 is 33.2 Å². The molecule has 1 heterocycles. The van der Waals surface area contributed by atoms with Crippen LogP contribution in [0.3, 0.4) is 0 Å². The number of aromatic amines is 1. The predicted molar refractivity (Wildman–Crippen MR) is 143 cm³/mol. The molecule has 2 rings (SSSR count). The maximum atomic E-state index is 13.1. The molecule has 4 unspecified atom stereocenters. The molecule has 0 aliphatic carbocycles. The van der Waals surface area contributed by atoms with Crippen LogP contribution in [0.1, 0.15) is 24.1 Å². The van der Waals surface area contributed by atoms with Gasteiger partial charge in [-0.05, 0) is 37.0 Å². The van der Waals surface area contributed by atoms with Crippen molar-refractivity contribution in [1.82, 2.24) is 25.9 Å². The summed E-state index contributed by atoms with van der Waals surface area (Å²) in [6.07, 6.45) is 3.06. The Labute approximate surface area is 229 Å². The number of guanidine groups is 1. The summed E-state index contributed by atoms with van der Waals surface area (Å²) in [5, 5.41) is 35.9. The minimum atomic E-state index is -1.45. The van der Waals surface area contributed by atoms with Crippen molar-refractivity contribution in [2.24, 2.45) is 22.2 Å². The summed E-state index contributed by atoms with van der Waals surface area (Å²) >= 11 is 0. The van der Waals surface area contributed by atoms with Crippen LogP contribution in [0.4, 0.5) is 0 Å². The quantitative estimate of drug-likeness (QED) is 0.0553. The number of aliphatic hydroxyl groups excluding tert-OH is 1. The largest absolute Gasteiger partial charge is 0.508 e. The van der Waals surface area contributed by atoms with E-state index in [1.165, 1.54) is 24.7 Å². The first-order valence-corrected chi connectivity index (χ1v) is 12.3. The van der Waals surface area contributed by atoms with Crippen molar-refractivity contribution in [3.05, 3.63) is 48.0 Å². The van der Waals surface area contributed by atoms with Gasteiger partial charge in [-0.2, -0.15) is 0 Å². The van der Waals surface area contributed by atoms with Gasteiger partial charge in [-0.25, -0.2) is 9.78 Å². The number of nitrogens with two attached hydrogens (primary N) is 3. The number of carboxylic acid groups (broad SMARTS) is 1. The fraction of sp³-hybridized carbons (Fsp3) is 0.417. The molecule has 218 valence electrons. The minimum Gasteiger partial charge on any atom is -0.508 e. The van der Waals surface area contributed by atoms with Crippen molar-refractivity contribution in [2.45, 2.75) is 49.9 Å². The molecule has 3 amide bonds. The number of aromatic nitrogens is 2. The van der Waals surface area contributed by atoms with E-state index < -0.39 is 54.5 Å². The number of carbonyl (C=O) groups is 4. The van der Waals surface area contributed by atoms with E-state index in [0.717, 1.165) is 0 Å². The summed E-state index contributed by atoms with van der Waals surface area (Å²) in [4.78, 5) is 60.7.